The van der Waals surface area contributed by atoms with Gasteiger partial charge in [-0.2, -0.15) is 0 Å². The lowest BCUT2D eigenvalue weighted by atomic mass is 10.1. The fourth-order valence-corrected chi connectivity index (χ4v) is 4.43. The monoisotopic (exact) mass is 429 g/mol. The van der Waals surface area contributed by atoms with Crippen molar-refractivity contribution in [2.45, 2.75) is 43.4 Å². The van der Waals surface area contributed by atoms with Crippen molar-refractivity contribution >= 4 is 27.5 Å². The number of anilines is 1. The quantitative estimate of drug-likeness (QED) is 0.704. The predicted octanol–water partition coefficient (Wildman–Crippen LogP) is 3.52. The molecule has 0 aliphatic carbocycles. The highest BCUT2D eigenvalue weighted by Gasteiger charge is 2.18. The van der Waals surface area contributed by atoms with E-state index in [9.17, 15) is 13.2 Å². The first-order valence-corrected chi connectivity index (χ1v) is 11.5. The SMILES string of the molecule is COc1ccccc1CCC(=O)Nc1cccc(S(=O)(=O)NC2=NCCCCC2)c1. The van der Waals surface area contributed by atoms with Gasteiger partial charge in [0.2, 0.25) is 5.91 Å². The van der Waals surface area contributed by atoms with Gasteiger partial charge in [0.05, 0.1) is 12.0 Å². The zero-order chi connectivity index (χ0) is 21.4. The first-order chi connectivity index (χ1) is 14.5. The van der Waals surface area contributed by atoms with Crippen LogP contribution in [0.3, 0.4) is 0 Å². The van der Waals surface area contributed by atoms with E-state index in [0.717, 1.165) is 30.6 Å². The number of aryl methyl sites for hydroxylation is 1. The summed E-state index contributed by atoms with van der Waals surface area (Å²) in [6, 6.07) is 13.8. The number of hydrogen-bond donors (Lipinski definition) is 2. The van der Waals surface area contributed by atoms with Gasteiger partial charge in [0, 0.05) is 25.1 Å². The average Bonchev–Trinajstić information content (AvgIpc) is 3.01. The zero-order valence-electron chi connectivity index (χ0n) is 17.1. The lowest BCUT2D eigenvalue weighted by Crippen LogP contribution is -2.30. The van der Waals surface area contributed by atoms with Crippen molar-refractivity contribution in [1.29, 1.82) is 0 Å². The van der Waals surface area contributed by atoms with Gasteiger partial charge in [0.1, 0.15) is 11.6 Å². The molecule has 7 nitrogen and oxygen atoms in total. The van der Waals surface area contributed by atoms with E-state index in [2.05, 4.69) is 15.0 Å². The molecule has 0 radical (unpaired) electrons. The number of nitrogens with zero attached hydrogens (tertiary/aromatic N) is 1. The van der Waals surface area contributed by atoms with Gasteiger partial charge in [-0.3, -0.25) is 14.5 Å². The van der Waals surface area contributed by atoms with E-state index in [1.165, 1.54) is 12.1 Å². The van der Waals surface area contributed by atoms with Crippen LogP contribution in [0.5, 0.6) is 5.75 Å². The highest BCUT2D eigenvalue weighted by molar-refractivity contribution is 7.90. The van der Waals surface area contributed by atoms with Crippen LogP contribution in [-0.2, 0) is 21.2 Å². The number of hydrogen-bond acceptors (Lipinski definition) is 5. The molecule has 30 heavy (non-hydrogen) atoms. The van der Waals surface area contributed by atoms with Crippen LogP contribution in [-0.4, -0.2) is 33.8 Å². The minimum absolute atomic E-state index is 0.0944. The Kier molecular flexibility index (Phi) is 7.46. The third kappa shape index (κ3) is 6.06. The number of nitrogens with one attached hydrogen (secondary N) is 2. The number of amides is 1. The molecule has 2 aromatic carbocycles. The number of aliphatic imine (C=N–C) groups is 1. The summed E-state index contributed by atoms with van der Waals surface area (Å²) in [5.41, 5.74) is 1.38. The summed E-state index contributed by atoms with van der Waals surface area (Å²) in [5.74, 6) is 1.04. The summed E-state index contributed by atoms with van der Waals surface area (Å²) >= 11 is 0. The molecule has 8 heteroatoms. The van der Waals surface area contributed by atoms with Gasteiger partial charge in [-0.25, -0.2) is 8.42 Å². The molecule has 0 fully saturated rings. The van der Waals surface area contributed by atoms with Crippen molar-refractivity contribution in [3.05, 3.63) is 54.1 Å². The van der Waals surface area contributed by atoms with E-state index < -0.39 is 10.0 Å². The van der Waals surface area contributed by atoms with Crippen LogP contribution in [0.4, 0.5) is 5.69 Å². The molecular formula is C22H27N3O4S. The fourth-order valence-electron chi connectivity index (χ4n) is 3.29. The molecule has 0 aromatic heterocycles. The molecule has 1 aliphatic heterocycles. The van der Waals surface area contributed by atoms with E-state index in [1.807, 2.05) is 24.3 Å². The van der Waals surface area contributed by atoms with E-state index >= 15 is 0 Å². The molecule has 0 bridgehead atoms. The van der Waals surface area contributed by atoms with Crippen molar-refractivity contribution in [3.8, 4) is 5.75 Å². The smallest absolute Gasteiger partial charge is 0.262 e. The summed E-state index contributed by atoms with van der Waals surface area (Å²) in [4.78, 5) is 16.8. The van der Waals surface area contributed by atoms with Crippen molar-refractivity contribution in [2.75, 3.05) is 19.0 Å². The Hall–Kier alpha value is -2.87. The number of benzene rings is 2. The van der Waals surface area contributed by atoms with Gasteiger partial charge in [-0.15, -0.1) is 0 Å². The Labute approximate surface area is 177 Å². The molecule has 0 unspecified atom stereocenters. The van der Waals surface area contributed by atoms with Crippen LogP contribution in [0.1, 0.15) is 37.7 Å². The summed E-state index contributed by atoms with van der Waals surface area (Å²) in [7, 11) is -2.15. The third-order valence-corrected chi connectivity index (χ3v) is 6.25. The van der Waals surface area contributed by atoms with Crippen LogP contribution in [0, 0.1) is 0 Å². The molecule has 2 aromatic rings. The van der Waals surface area contributed by atoms with Crippen LogP contribution in [0.2, 0.25) is 0 Å². The van der Waals surface area contributed by atoms with Crippen LogP contribution >= 0.6 is 0 Å². The number of amidine groups is 1. The number of carbonyl (C=O) groups is 1. The Bertz CT molecular complexity index is 1020. The van der Waals surface area contributed by atoms with Crippen LogP contribution in [0.15, 0.2) is 58.4 Å². The molecule has 3 rings (SSSR count). The van der Waals surface area contributed by atoms with Crippen molar-refractivity contribution < 1.29 is 17.9 Å². The lowest BCUT2D eigenvalue weighted by molar-refractivity contribution is -0.116. The van der Waals surface area contributed by atoms with Gasteiger partial charge in [0.25, 0.3) is 10.0 Å². The summed E-state index contributed by atoms with van der Waals surface area (Å²) < 4.78 is 33.3. The molecule has 1 aliphatic rings. The molecule has 0 atom stereocenters. The van der Waals surface area contributed by atoms with Crippen LogP contribution < -0.4 is 14.8 Å². The molecule has 0 spiro atoms. The van der Waals surface area contributed by atoms with Gasteiger partial charge in [-0.05, 0) is 49.1 Å². The second-order valence-electron chi connectivity index (χ2n) is 7.13. The number of rotatable bonds is 7. The standard InChI is InChI=1S/C22H27N3O4S/c1-29-20-11-5-4-8-17(20)13-14-22(26)24-18-9-7-10-19(16-18)30(27,28)25-21-12-3-2-6-15-23-21/h4-5,7-11,16H,2-3,6,12-15H2,1H3,(H,23,25)(H,24,26). The largest absolute Gasteiger partial charge is 0.496 e. The summed E-state index contributed by atoms with van der Waals surface area (Å²) in [6.45, 7) is 0.639. The van der Waals surface area contributed by atoms with Gasteiger partial charge in [0.15, 0.2) is 0 Å². The average molecular weight is 430 g/mol. The van der Waals surface area contributed by atoms with Gasteiger partial charge >= 0.3 is 0 Å². The molecule has 1 amide bonds. The predicted molar refractivity (Wildman–Crippen MR) is 117 cm³/mol. The first-order valence-electron chi connectivity index (χ1n) is 10.1. The molecule has 2 N–H and O–H groups in total. The number of ether oxygens (including phenoxy) is 1. The van der Waals surface area contributed by atoms with Crippen LogP contribution in [0.25, 0.3) is 0 Å². The second-order valence-corrected chi connectivity index (χ2v) is 8.81. The number of methoxy groups -OCH3 is 1. The van der Waals surface area contributed by atoms with Crippen molar-refractivity contribution in [2.24, 2.45) is 4.99 Å². The molecular weight excluding hydrogens is 402 g/mol. The number of sulfonamides is 1. The Morgan fingerprint density at radius 3 is 2.77 bits per heavy atom. The van der Waals surface area contributed by atoms with Crippen molar-refractivity contribution in [3.63, 3.8) is 0 Å². The fraction of sp³-hybridized carbons (Fsp3) is 0.364. The number of carbonyl (C=O) groups excluding carboxylic acids is 1. The molecule has 1 heterocycles. The maximum absolute atomic E-state index is 12.7. The highest BCUT2D eigenvalue weighted by Crippen LogP contribution is 2.20. The maximum atomic E-state index is 12.7. The third-order valence-electron chi connectivity index (χ3n) is 4.87. The van der Waals surface area contributed by atoms with Gasteiger partial charge < -0.3 is 10.1 Å². The molecule has 0 saturated heterocycles. The maximum Gasteiger partial charge on any atom is 0.262 e. The Balaban J connectivity index is 1.63. The molecule has 0 saturated carbocycles. The van der Waals surface area contributed by atoms with Gasteiger partial charge in [-0.1, -0.05) is 30.7 Å². The topological polar surface area (TPSA) is 96.9 Å². The van der Waals surface area contributed by atoms with E-state index in [4.69, 9.17) is 4.74 Å². The second kappa shape index (κ2) is 10.2. The van der Waals surface area contributed by atoms with E-state index in [1.54, 1.807) is 19.2 Å². The molecule has 160 valence electrons. The summed E-state index contributed by atoms with van der Waals surface area (Å²) in [6.07, 6.45) is 4.34. The minimum atomic E-state index is -3.75. The minimum Gasteiger partial charge on any atom is -0.496 e. The zero-order valence-corrected chi connectivity index (χ0v) is 17.9. The number of para-hydroxylation sites is 1. The summed E-state index contributed by atoms with van der Waals surface area (Å²) in [5, 5.41) is 2.77. The van der Waals surface area contributed by atoms with E-state index in [-0.39, 0.29) is 17.2 Å². The lowest BCUT2D eigenvalue weighted by Gasteiger charge is -2.12. The Morgan fingerprint density at radius 1 is 1.10 bits per heavy atom. The normalized spacial score (nSPS) is 14.4. The van der Waals surface area contributed by atoms with Crippen molar-refractivity contribution in [1.82, 2.24) is 4.72 Å². The highest BCUT2D eigenvalue weighted by atomic mass is 32.2. The first kappa shape index (κ1) is 21.8. The Morgan fingerprint density at radius 2 is 1.93 bits per heavy atom. The van der Waals surface area contributed by atoms with E-state index in [0.29, 0.717) is 30.9 Å².